The molecule has 5 rings (SSSR count). The Morgan fingerprint density at radius 1 is 1.22 bits per heavy atom. The predicted octanol–water partition coefficient (Wildman–Crippen LogP) is 3.85. The van der Waals surface area contributed by atoms with Crippen LogP contribution in [-0.2, 0) is 11.2 Å². The number of anilines is 1. The van der Waals surface area contributed by atoms with Gasteiger partial charge in [0.25, 0.3) is 0 Å². The first-order valence-electron chi connectivity index (χ1n) is 11.7. The maximum Gasteiger partial charge on any atom is 0.350 e. The topological polar surface area (TPSA) is 84.9 Å². The third-order valence-electron chi connectivity index (χ3n) is 6.59. The molecule has 3 heterocycles. The van der Waals surface area contributed by atoms with Gasteiger partial charge in [-0.3, -0.25) is 14.7 Å². The summed E-state index contributed by atoms with van der Waals surface area (Å²) < 4.78 is 0. The minimum Gasteiger partial charge on any atom is -0.337 e. The fourth-order valence-corrected chi connectivity index (χ4v) is 5.06. The number of amidine groups is 1. The van der Waals surface area contributed by atoms with Crippen molar-refractivity contribution in [2.75, 3.05) is 18.1 Å². The number of hydrogen-bond acceptors (Lipinski definition) is 4. The molecule has 0 unspecified atom stereocenters. The average molecular weight is 435 g/mol. The minimum atomic E-state index is -0.250. The van der Waals surface area contributed by atoms with Crippen LogP contribution in [0.3, 0.4) is 0 Å². The van der Waals surface area contributed by atoms with Crippen molar-refractivity contribution < 1.29 is 9.59 Å². The van der Waals surface area contributed by atoms with E-state index in [1.165, 1.54) is 35.3 Å². The van der Waals surface area contributed by atoms with Gasteiger partial charge in [-0.15, -0.1) is 0 Å². The zero-order valence-electron chi connectivity index (χ0n) is 18.8. The molecule has 8 heteroatoms. The molecule has 1 aromatic heterocycles. The number of carbonyl (C=O) groups excluding carboxylic acids is 2. The third-order valence-corrected chi connectivity index (χ3v) is 6.59. The number of aromatic nitrogens is 2. The molecule has 1 atom stereocenters. The second kappa shape index (κ2) is 8.41. The van der Waals surface area contributed by atoms with Crippen molar-refractivity contribution >= 4 is 23.6 Å². The lowest BCUT2D eigenvalue weighted by Gasteiger charge is -2.38. The van der Waals surface area contributed by atoms with Crippen LogP contribution >= 0.6 is 0 Å². The van der Waals surface area contributed by atoms with Gasteiger partial charge in [0.05, 0.1) is 12.6 Å². The molecule has 168 valence electrons. The summed E-state index contributed by atoms with van der Waals surface area (Å²) in [4.78, 5) is 41.2. The van der Waals surface area contributed by atoms with Crippen molar-refractivity contribution in [1.29, 1.82) is 0 Å². The number of hydrazine groups is 1. The van der Waals surface area contributed by atoms with Gasteiger partial charge in [-0.1, -0.05) is 50.1 Å². The van der Waals surface area contributed by atoms with Crippen LogP contribution in [0.1, 0.15) is 69.0 Å². The quantitative estimate of drug-likeness (QED) is 0.749. The first kappa shape index (κ1) is 20.7. The molecule has 0 bridgehead atoms. The van der Waals surface area contributed by atoms with E-state index >= 15 is 0 Å². The summed E-state index contributed by atoms with van der Waals surface area (Å²) in [5.41, 5.74) is 1.95. The van der Waals surface area contributed by atoms with Gasteiger partial charge < -0.3 is 4.98 Å². The normalized spacial score (nSPS) is 20.4. The van der Waals surface area contributed by atoms with Crippen LogP contribution in [0.15, 0.2) is 35.3 Å². The molecule has 1 saturated carbocycles. The number of amides is 3. The predicted molar refractivity (Wildman–Crippen MR) is 123 cm³/mol. The highest BCUT2D eigenvalue weighted by atomic mass is 16.2. The number of aromatic amines is 1. The number of imidazole rings is 1. The van der Waals surface area contributed by atoms with E-state index in [1.807, 2.05) is 25.1 Å². The summed E-state index contributed by atoms with van der Waals surface area (Å²) in [6, 6.07) is 9.94. The van der Waals surface area contributed by atoms with Gasteiger partial charge in [0, 0.05) is 19.4 Å². The Balaban J connectivity index is 1.54. The standard InChI is InChI=1S/C24H30N6O2/c1-3-13-29(16(2)31)30-23-20(26-21(27-23)18-11-7-8-12-18)22-25-19(15-28(22)24(30)32)14-17-9-5-4-6-10-17/h4-6,9-10,18-19H,3,7-8,11-15H2,1-2H3,(H,26,27)/t19-/m1/s1. The molecule has 2 aromatic rings. The van der Waals surface area contributed by atoms with Crippen molar-refractivity contribution in [2.45, 2.75) is 64.3 Å². The van der Waals surface area contributed by atoms with Gasteiger partial charge in [0.1, 0.15) is 11.5 Å². The number of urea groups is 1. The Morgan fingerprint density at radius 3 is 2.66 bits per heavy atom. The van der Waals surface area contributed by atoms with Crippen molar-refractivity contribution in [1.82, 2.24) is 19.9 Å². The largest absolute Gasteiger partial charge is 0.350 e. The summed E-state index contributed by atoms with van der Waals surface area (Å²) in [7, 11) is 0. The van der Waals surface area contributed by atoms with Gasteiger partial charge >= 0.3 is 6.03 Å². The molecular weight excluding hydrogens is 404 g/mol. The van der Waals surface area contributed by atoms with E-state index in [0.717, 1.165) is 37.2 Å². The van der Waals surface area contributed by atoms with E-state index in [2.05, 4.69) is 17.1 Å². The fourth-order valence-electron chi connectivity index (χ4n) is 5.06. The van der Waals surface area contributed by atoms with Gasteiger partial charge in [-0.2, -0.15) is 5.01 Å². The summed E-state index contributed by atoms with van der Waals surface area (Å²) in [6.45, 7) is 4.45. The molecule has 1 aliphatic carbocycles. The van der Waals surface area contributed by atoms with Crippen LogP contribution in [0.2, 0.25) is 0 Å². The number of benzene rings is 1. The van der Waals surface area contributed by atoms with Crippen molar-refractivity contribution in [3.63, 3.8) is 0 Å². The zero-order valence-corrected chi connectivity index (χ0v) is 18.8. The Kier molecular flexibility index (Phi) is 5.45. The van der Waals surface area contributed by atoms with E-state index in [0.29, 0.717) is 30.7 Å². The highest BCUT2D eigenvalue weighted by Crippen LogP contribution is 2.38. The van der Waals surface area contributed by atoms with Crippen molar-refractivity contribution in [3.05, 3.63) is 47.4 Å². The molecule has 1 fully saturated rings. The molecule has 32 heavy (non-hydrogen) atoms. The van der Waals surface area contributed by atoms with E-state index in [-0.39, 0.29) is 18.0 Å². The van der Waals surface area contributed by atoms with Crippen LogP contribution in [0.5, 0.6) is 0 Å². The van der Waals surface area contributed by atoms with Crippen LogP contribution in [-0.4, -0.2) is 56.8 Å². The summed E-state index contributed by atoms with van der Waals surface area (Å²) in [6.07, 6.45) is 6.09. The zero-order chi connectivity index (χ0) is 22.2. The van der Waals surface area contributed by atoms with Crippen molar-refractivity contribution in [3.8, 4) is 0 Å². The lowest BCUT2D eigenvalue weighted by molar-refractivity contribution is -0.129. The number of aliphatic imine (C=N–C) groups is 1. The molecule has 2 aliphatic heterocycles. The summed E-state index contributed by atoms with van der Waals surface area (Å²) in [5, 5.41) is 2.99. The highest BCUT2D eigenvalue weighted by Gasteiger charge is 2.45. The Labute approximate surface area is 188 Å². The van der Waals surface area contributed by atoms with E-state index in [9.17, 15) is 9.59 Å². The molecule has 1 N–H and O–H groups in total. The summed E-state index contributed by atoms with van der Waals surface area (Å²) >= 11 is 0. The first-order valence-corrected chi connectivity index (χ1v) is 11.7. The maximum atomic E-state index is 13.6. The number of fused-ring (bicyclic) bond motifs is 3. The molecule has 1 aromatic carbocycles. The van der Waals surface area contributed by atoms with E-state index in [1.54, 1.807) is 4.90 Å². The molecule has 3 amide bonds. The minimum absolute atomic E-state index is 0.0284. The van der Waals surface area contributed by atoms with Crippen LogP contribution in [0, 0.1) is 0 Å². The molecule has 8 nitrogen and oxygen atoms in total. The highest BCUT2D eigenvalue weighted by molar-refractivity contribution is 6.18. The number of H-pyrrole nitrogens is 1. The van der Waals surface area contributed by atoms with Gasteiger partial charge in [0.2, 0.25) is 5.91 Å². The second-order valence-electron chi connectivity index (χ2n) is 8.95. The summed E-state index contributed by atoms with van der Waals surface area (Å²) in [5.74, 6) is 2.26. The van der Waals surface area contributed by atoms with Crippen molar-refractivity contribution in [2.24, 2.45) is 4.99 Å². The number of rotatable bonds is 6. The number of carbonyl (C=O) groups is 2. The third kappa shape index (κ3) is 3.57. The monoisotopic (exact) mass is 434 g/mol. The molecule has 0 saturated heterocycles. The average Bonchev–Trinajstić information content (AvgIpc) is 3.53. The molecule has 0 radical (unpaired) electrons. The lowest BCUT2D eigenvalue weighted by Crippen LogP contribution is -2.58. The van der Waals surface area contributed by atoms with Crippen LogP contribution in [0.25, 0.3) is 0 Å². The van der Waals surface area contributed by atoms with Gasteiger partial charge in [-0.05, 0) is 31.2 Å². The number of nitrogens with zero attached hydrogens (tertiary/aromatic N) is 5. The maximum absolute atomic E-state index is 13.6. The van der Waals surface area contributed by atoms with E-state index < -0.39 is 0 Å². The fraction of sp³-hybridized carbons (Fsp3) is 0.500. The first-order chi connectivity index (χ1) is 15.6. The second-order valence-corrected chi connectivity index (χ2v) is 8.95. The van der Waals surface area contributed by atoms with Crippen LogP contribution < -0.4 is 5.01 Å². The number of nitrogens with one attached hydrogen (secondary N) is 1. The SMILES string of the molecule is CCCN(C(C)=O)N1C(=O)N2C[C@@H](Cc3ccccc3)N=C2c2[nH]c(C3CCCC3)nc21. The Bertz CT molecular complexity index is 1040. The molecule has 3 aliphatic rings. The van der Waals surface area contributed by atoms with Crippen LogP contribution in [0.4, 0.5) is 10.6 Å². The molecular formula is C24H30N6O2. The Morgan fingerprint density at radius 2 is 1.97 bits per heavy atom. The number of hydrogen-bond donors (Lipinski definition) is 1. The van der Waals surface area contributed by atoms with Gasteiger partial charge in [-0.25, -0.2) is 14.8 Å². The molecule has 0 spiro atoms. The van der Waals surface area contributed by atoms with Gasteiger partial charge in [0.15, 0.2) is 11.7 Å². The smallest absolute Gasteiger partial charge is 0.337 e. The van der Waals surface area contributed by atoms with E-state index in [4.69, 9.17) is 9.98 Å². The Hall–Kier alpha value is -3.16. The lowest BCUT2D eigenvalue weighted by atomic mass is 10.1.